The van der Waals surface area contributed by atoms with Crippen molar-refractivity contribution in [3.63, 3.8) is 0 Å². The van der Waals surface area contributed by atoms with E-state index in [1.165, 1.54) is 6.07 Å². The summed E-state index contributed by atoms with van der Waals surface area (Å²) in [5.74, 6) is -0.315. The lowest BCUT2D eigenvalue weighted by Gasteiger charge is -2.27. The molecule has 114 valence electrons. The zero-order valence-corrected chi connectivity index (χ0v) is 12.8. The van der Waals surface area contributed by atoms with Gasteiger partial charge in [0, 0.05) is 11.8 Å². The second-order valence-electron chi connectivity index (χ2n) is 5.36. The third-order valence-corrected chi connectivity index (χ3v) is 5.04. The molecule has 2 aromatic carbocycles. The molecule has 2 aromatic rings. The van der Waals surface area contributed by atoms with Crippen molar-refractivity contribution >= 4 is 9.84 Å². The molecule has 1 aliphatic rings. The van der Waals surface area contributed by atoms with Crippen LogP contribution in [0.1, 0.15) is 11.1 Å². The highest BCUT2D eigenvalue weighted by molar-refractivity contribution is 7.90. The molecule has 0 amide bonds. The van der Waals surface area contributed by atoms with E-state index in [9.17, 15) is 12.8 Å². The summed E-state index contributed by atoms with van der Waals surface area (Å²) in [6.45, 7) is 0.284. The van der Waals surface area contributed by atoms with Gasteiger partial charge in [0.25, 0.3) is 0 Å². The van der Waals surface area contributed by atoms with Gasteiger partial charge in [-0.2, -0.15) is 0 Å². The van der Waals surface area contributed by atoms with Crippen LogP contribution in [0.25, 0.3) is 0 Å². The van der Waals surface area contributed by atoms with E-state index in [2.05, 4.69) is 0 Å². The summed E-state index contributed by atoms with van der Waals surface area (Å²) in [4.78, 5) is 0.239. The molecular weight excluding hydrogens is 303 g/mol. The van der Waals surface area contributed by atoms with Crippen LogP contribution in [-0.2, 0) is 20.0 Å². The average Bonchev–Trinajstić information content (AvgIpc) is 2.97. The van der Waals surface area contributed by atoms with E-state index in [0.717, 1.165) is 11.8 Å². The first-order chi connectivity index (χ1) is 10.4. The summed E-state index contributed by atoms with van der Waals surface area (Å²) < 4.78 is 42.8. The monoisotopic (exact) mass is 318 g/mol. The van der Waals surface area contributed by atoms with Gasteiger partial charge < -0.3 is 4.74 Å². The second kappa shape index (κ2) is 5.25. The number of benzene rings is 2. The van der Waals surface area contributed by atoms with Gasteiger partial charge in [0.05, 0.1) is 16.6 Å². The van der Waals surface area contributed by atoms with E-state index in [1.54, 1.807) is 54.8 Å². The number of sulfone groups is 1. The summed E-state index contributed by atoms with van der Waals surface area (Å²) in [6, 6.07) is 13.0. The fourth-order valence-electron chi connectivity index (χ4n) is 2.72. The molecule has 0 radical (unpaired) electrons. The molecule has 3 rings (SSSR count). The average molecular weight is 318 g/mol. The minimum absolute atomic E-state index is 0.239. The molecule has 0 aromatic heterocycles. The zero-order chi connectivity index (χ0) is 15.8. The predicted octanol–water partition coefficient (Wildman–Crippen LogP) is 3.06. The van der Waals surface area contributed by atoms with Gasteiger partial charge in [-0.25, -0.2) is 12.8 Å². The van der Waals surface area contributed by atoms with Crippen molar-refractivity contribution < 1.29 is 17.5 Å². The van der Waals surface area contributed by atoms with Gasteiger partial charge in [-0.15, -0.1) is 0 Å². The first-order valence-corrected chi connectivity index (χ1v) is 8.67. The van der Waals surface area contributed by atoms with Gasteiger partial charge in [-0.1, -0.05) is 30.3 Å². The molecule has 1 heterocycles. The van der Waals surface area contributed by atoms with Crippen LogP contribution in [-0.4, -0.2) is 21.3 Å². The minimum atomic E-state index is -3.26. The van der Waals surface area contributed by atoms with Crippen LogP contribution < -0.4 is 0 Å². The molecule has 0 bridgehead atoms. The molecule has 1 atom stereocenters. The third kappa shape index (κ3) is 2.41. The number of hydrogen-bond donors (Lipinski definition) is 0. The van der Waals surface area contributed by atoms with Crippen LogP contribution in [0.5, 0.6) is 0 Å². The van der Waals surface area contributed by atoms with Crippen molar-refractivity contribution in [3.05, 3.63) is 77.8 Å². The quantitative estimate of drug-likeness (QED) is 0.873. The van der Waals surface area contributed by atoms with Gasteiger partial charge in [0.15, 0.2) is 9.84 Å². The Morgan fingerprint density at radius 2 is 1.77 bits per heavy atom. The fourth-order valence-corrected chi connectivity index (χ4v) is 3.35. The van der Waals surface area contributed by atoms with E-state index in [0.29, 0.717) is 5.56 Å². The summed E-state index contributed by atoms with van der Waals surface area (Å²) in [5.41, 5.74) is 0.566. The first kappa shape index (κ1) is 14.8. The lowest BCUT2D eigenvalue weighted by atomic mass is 9.75. The molecule has 0 saturated heterocycles. The van der Waals surface area contributed by atoms with Crippen molar-refractivity contribution in [2.45, 2.75) is 10.3 Å². The van der Waals surface area contributed by atoms with E-state index < -0.39 is 15.3 Å². The Hall–Kier alpha value is -2.14. The highest BCUT2D eigenvalue weighted by Crippen LogP contribution is 2.39. The lowest BCUT2D eigenvalue weighted by Crippen LogP contribution is -2.28. The Balaban J connectivity index is 2.14. The SMILES string of the molecule is CS(=O)(=O)c1ccc(C2(c3ccccc3F)C=COC2)cc1. The molecule has 0 N–H and O–H groups in total. The Morgan fingerprint density at radius 1 is 1.09 bits per heavy atom. The van der Waals surface area contributed by atoms with E-state index >= 15 is 0 Å². The normalized spacial score (nSPS) is 20.8. The number of rotatable bonds is 3. The topological polar surface area (TPSA) is 43.4 Å². The molecule has 1 unspecified atom stereocenters. The minimum Gasteiger partial charge on any atom is -0.500 e. The molecular formula is C17H15FO3S. The lowest BCUT2D eigenvalue weighted by molar-refractivity contribution is 0.243. The first-order valence-electron chi connectivity index (χ1n) is 6.78. The largest absolute Gasteiger partial charge is 0.500 e. The van der Waals surface area contributed by atoms with Crippen molar-refractivity contribution in [2.24, 2.45) is 0 Å². The van der Waals surface area contributed by atoms with E-state index in [-0.39, 0.29) is 17.3 Å². The van der Waals surface area contributed by atoms with Gasteiger partial charge in [0.2, 0.25) is 0 Å². The highest BCUT2D eigenvalue weighted by atomic mass is 32.2. The Morgan fingerprint density at radius 3 is 2.32 bits per heavy atom. The summed E-state index contributed by atoms with van der Waals surface area (Å²) >= 11 is 0. The molecule has 0 aliphatic carbocycles. The molecule has 3 nitrogen and oxygen atoms in total. The van der Waals surface area contributed by atoms with Crippen LogP contribution in [0.3, 0.4) is 0 Å². The van der Waals surface area contributed by atoms with Crippen molar-refractivity contribution in [1.29, 1.82) is 0 Å². The highest BCUT2D eigenvalue weighted by Gasteiger charge is 2.37. The zero-order valence-electron chi connectivity index (χ0n) is 12.0. The predicted molar refractivity (Wildman–Crippen MR) is 81.8 cm³/mol. The summed E-state index contributed by atoms with van der Waals surface area (Å²) in [6.07, 6.45) is 4.52. The maximum Gasteiger partial charge on any atom is 0.175 e. The number of hydrogen-bond acceptors (Lipinski definition) is 3. The van der Waals surface area contributed by atoms with Gasteiger partial charge in [-0.3, -0.25) is 0 Å². The Kier molecular flexibility index (Phi) is 3.53. The standard InChI is InChI=1S/C17H15FO3S/c1-22(19,20)14-8-6-13(7-9-14)17(10-11-21-12-17)15-4-2-3-5-16(15)18/h2-11H,12H2,1H3. The third-order valence-electron chi connectivity index (χ3n) is 3.91. The maximum atomic E-state index is 14.3. The molecule has 0 spiro atoms. The molecule has 1 aliphatic heterocycles. The molecule has 22 heavy (non-hydrogen) atoms. The molecule has 5 heteroatoms. The molecule has 0 fully saturated rings. The maximum absolute atomic E-state index is 14.3. The van der Waals surface area contributed by atoms with Crippen molar-refractivity contribution in [2.75, 3.05) is 12.9 Å². The van der Waals surface area contributed by atoms with E-state index in [4.69, 9.17) is 4.74 Å². The second-order valence-corrected chi connectivity index (χ2v) is 7.38. The fraction of sp³-hybridized carbons (Fsp3) is 0.176. The smallest absolute Gasteiger partial charge is 0.175 e. The van der Waals surface area contributed by atoms with Crippen LogP contribution in [0, 0.1) is 5.82 Å². The van der Waals surface area contributed by atoms with Crippen LogP contribution >= 0.6 is 0 Å². The van der Waals surface area contributed by atoms with Crippen molar-refractivity contribution in [3.8, 4) is 0 Å². The van der Waals surface area contributed by atoms with Gasteiger partial charge in [-0.05, 0) is 29.8 Å². The van der Waals surface area contributed by atoms with Crippen LogP contribution in [0.2, 0.25) is 0 Å². The summed E-state index contributed by atoms with van der Waals surface area (Å²) in [7, 11) is -3.26. The van der Waals surface area contributed by atoms with E-state index in [1.807, 2.05) is 0 Å². The van der Waals surface area contributed by atoms with Crippen LogP contribution in [0.4, 0.5) is 4.39 Å². The van der Waals surface area contributed by atoms with Crippen molar-refractivity contribution in [1.82, 2.24) is 0 Å². The van der Waals surface area contributed by atoms with Gasteiger partial charge >= 0.3 is 0 Å². The Labute approximate surface area is 129 Å². The Bertz CT molecular complexity index is 825. The summed E-state index contributed by atoms with van der Waals surface area (Å²) in [5, 5.41) is 0. The van der Waals surface area contributed by atoms with Gasteiger partial charge in [0.1, 0.15) is 12.4 Å². The molecule has 0 saturated carbocycles. The number of halogens is 1. The number of ether oxygens (including phenoxy) is 1. The van der Waals surface area contributed by atoms with Crippen LogP contribution in [0.15, 0.2) is 65.8 Å².